The zero-order valence-electron chi connectivity index (χ0n) is 17.4. The monoisotopic (exact) mass is 392 g/mol. The van der Waals surface area contributed by atoms with Crippen molar-refractivity contribution in [1.82, 2.24) is 9.88 Å². The summed E-state index contributed by atoms with van der Waals surface area (Å²) in [5.74, 6) is 3.69. The molecule has 1 saturated carbocycles. The van der Waals surface area contributed by atoms with E-state index in [0.29, 0.717) is 11.6 Å². The maximum absolute atomic E-state index is 6.03. The molecule has 0 unspecified atom stereocenters. The number of oxazole rings is 1. The van der Waals surface area contributed by atoms with Gasteiger partial charge in [-0.05, 0) is 43.4 Å². The maximum Gasteiger partial charge on any atom is 0.230 e. The summed E-state index contributed by atoms with van der Waals surface area (Å²) in [6, 6.07) is 16.3. The molecule has 152 valence electrons. The van der Waals surface area contributed by atoms with Crippen molar-refractivity contribution < 1.29 is 13.9 Å². The van der Waals surface area contributed by atoms with Crippen LogP contribution in [0.4, 0.5) is 0 Å². The number of aromatic nitrogens is 1. The van der Waals surface area contributed by atoms with E-state index in [1.54, 1.807) is 14.2 Å². The molecule has 0 aliphatic heterocycles. The van der Waals surface area contributed by atoms with Crippen molar-refractivity contribution in [3.05, 3.63) is 65.5 Å². The molecule has 3 aromatic rings. The highest BCUT2D eigenvalue weighted by molar-refractivity contribution is 5.65. The molecule has 0 saturated heterocycles. The first-order valence-electron chi connectivity index (χ1n) is 10.1. The van der Waals surface area contributed by atoms with E-state index in [1.807, 2.05) is 25.1 Å². The van der Waals surface area contributed by atoms with E-state index in [0.717, 1.165) is 48.3 Å². The first kappa shape index (κ1) is 19.5. The summed E-state index contributed by atoms with van der Waals surface area (Å²) in [5, 5.41) is 0. The third kappa shape index (κ3) is 4.80. The standard InChI is InChI=1S/C24H28N2O3/c1-17-22(16-26(15-19-9-10-19)14-18-7-5-4-6-8-18)25-24(29-17)21-12-11-20(27-2)13-23(21)28-3/h4-8,11-13,19H,9-10,14-16H2,1-3H3. The number of methoxy groups -OCH3 is 2. The van der Waals surface area contributed by atoms with Gasteiger partial charge in [0, 0.05) is 25.7 Å². The molecule has 5 heteroatoms. The summed E-state index contributed by atoms with van der Waals surface area (Å²) in [6.07, 6.45) is 2.66. The molecule has 29 heavy (non-hydrogen) atoms. The molecule has 0 amide bonds. The van der Waals surface area contributed by atoms with Crippen LogP contribution in [0.25, 0.3) is 11.5 Å². The molecule has 0 bridgehead atoms. The summed E-state index contributed by atoms with van der Waals surface area (Å²) in [7, 11) is 3.29. The van der Waals surface area contributed by atoms with Gasteiger partial charge in [-0.2, -0.15) is 0 Å². The fraction of sp³-hybridized carbons (Fsp3) is 0.375. The van der Waals surface area contributed by atoms with Gasteiger partial charge in [-0.15, -0.1) is 0 Å². The Labute approximate surface area is 172 Å². The van der Waals surface area contributed by atoms with Gasteiger partial charge < -0.3 is 13.9 Å². The summed E-state index contributed by atoms with van der Waals surface area (Å²) < 4.78 is 16.8. The Kier molecular flexibility index (Phi) is 5.86. The Balaban J connectivity index is 1.56. The molecule has 0 spiro atoms. The third-order valence-corrected chi connectivity index (χ3v) is 5.37. The van der Waals surface area contributed by atoms with Crippen molar-refractivity contribution >= 4 is 0 Å². The topological polar surface area (TPSA) is 47.7 Å². The molecule has 5 nitrogen and oxygen atoms in total. The highest BCUT2D eigenvalue weighted by Crippen LogP contribution is 2.35. The first-order chi connectivity index (χ1) is 14.2. The molecule has 4 rings (SSSR count). The highest BCUT2D eigenvalue weighted by Gasteiger charge is 2.26. The molecular formula is C24H28N2O3. The van der Waals surface area contributed by atoms with Gasteiger partial charge in [0.25, 0.3) is 0 Å². The molecule has 1 aliphatic carbocycles. The van der Waals surface area contributed by atoms with E-state index in [2.05, 4.69) is 35.2 Å². The SMILES string of the molecule is COc1ccc(-c2nc(CN(Cc3ccccc3)CC3CC3)c(C)o2)c(OC)c1. The van der Waals surface area contributed by atoms with Gasteiger partial charge in [-0.3, -0.25) is 4.90 Å². The van der Waals surface area contributed by atoms with E-state index in [4.69, 9.17) is 18.9 Å². The van der Waals surface area contributed by atoms with Crippen molar-refractivity contribution in [2.24, 2.45) is 5.92 Å². The van der Waals surface area contributed by atoms with Gasteiger partial charge >= 0.3 is 0 Å². The predicted molar refractivity (Wildman–Crippen MR) is 113 cm³/mol. The van der Waals surface area contributed by atoms with Gasteiger partial charge in [0.1, 0.15) is 17.3 Å². The molecule has 1 aliphatic rings. The van der Waals surface area contributed by atoms with Crippen LogP contribution in [-0.2, 0) is 13.1 Å². The Morgan fingerprint density at radius 3 is 2.52 bits per heavy atom. The minimum Gasteiger partial charge on any atom is -0.497 e. The van der Waals surface area contributed by atoms with Gasteiger partial charge in [0.05, 0.1) is 25.5 Å². The van der Waals surface area contributed by atoms with Crippen LogP contribution in [0.1, 0.15) is 29.9 Å². The number of ether oxygens (including phenoxy) is 2. The zero-order chi connectivity index (χ0) is 20.2. The fourth-order valence-electron chi connectivity index (χ4n) is 3.57. The molecule has 0 N–H and O–H groups in total. The van der Waals surface area contributed by atoms with Crippen LogP contribution < -0.4 is 9.47 Å². The van der Waals surface area contributed by atoms with Gasteiger partial charge in [-0.25, -0.2) is 4.98 Å². The average molecular weight is 392 g/mol. The Hall–Kier alpha value is -2.79. The lowest BCUT2D eigenvalue weighted by atomic mass is 10.2. The number of nitrogens with zero attached hydrogens (tertiary/aromatic N) is 2. The van der Waals surface area contributed by atoms with Crippen LogP contribution in [0.15, 0.2) is 52.9 Å². The van der Waals surface area contributed by atoms with Crippen LogP contribution in [0, 0.1) is 12.8 Å². The Bertz CT molecular complexity index is 948. The van der Waals surface area contributed by atoms with Gasteiger partial charge in [0.2, 0.25) is 5.89 Å². The minimum atomic E-state index is 0.586. The van der Waals surface area contributed by atoms with Crippen LogP contribution in [0.2, 0.25) is 0 Å². The number of hydrogen-bond donors (Lipinski definition) is 0. The smallest absolute Gasteiger partial charge is 0.230 e. The van der Waals surface area contributed by atoms with Crippen molar-refractivity contribution in [3.8, 4) is 23.0 Å². The Morgan fingerprint density at radius 2 is 1.83 bits per heavy atom. The van der Waals surface area contributed by atoms with E-state index in [1.165, 1.54) is 18.4 Å². The quantitative estimate of drug-likeness (QED) is 0.508. The Morgan fingerprint density at radius 1 is 1.03 bits per heavy atom. The van der Waals surface area contributed by atoms with Gasteiger partial charge in [0.15, 0.2) is 0 Å². The summed E-state index contributed by atoms with van der Waals surface area (Å²) in [5.41, 5.74) is 3.14. The zero-order valence-corrected chi connectivity index (χ0v) is 17.4. The largest absolute Gasteiger partial charge is 0.497 e. The normalized spacial score (nSPS) is 13.7. The van der Waals surface area contributed by atoms with Crippen LogP contribution >= 0.6 is 0 Å². The van der Waals surface area contributed by atoms with Crippen molar-refractivity contribution in [1.29, 1.82) is 0 Å². The second-order valence-corrected chi connectivity index (χ2v) is 7.69. The van der Waals surface area contributed by atoms with E-state index in [9.17, 15) is 0 Å². The van der Waals surface area contributed by atoms with E-state index < -0.39 is 0 Å². The van der Waals surface area contributed by atoms with Crippen molar-refractivity contribution in [3.63, 3.8) is 0 Å². The van der Waals surface area contributed by atoms with Crippen LogP contribution in [-0.4, -0.2) is 30.6 Å². The summed E-state index contributed by atoms with van der Waals surface area (Å²) in [6.45, 7) is 4.78. The molecule has 1 aromatic heterocycles. The minimum absolute atomic E-state index is 0.586. The summed E-state index contributed by atoms with van der Waals surface area (Å²) >= 11 is 0. The van der Waals surface area contributed by atoms with Crippen LogP contribution in [0.3, 0.4) is 0 Å². The molecule has 0 atom stereocenters. The number of rotatable bonds is 9. The summed E-state index contributed by atoms with van der Waals surface area (Å²) in [4.78, 5) is 7.30. The van der Waals surface area contributed by atoms with Gasteiger partial charge in [-0.1, -0.05) is 30.3 Å². The van der Waals surface area contributed by atoms with Crippen LogP contribution in [0.5, 0.6) is 11.5 Å². The average Bonchev–Trinajstić information content (AvgIpc) is 3.49. The fourth-order valence-corrected chi connectivity index (χ4v) is 3.57. The lowest BCUT2D eigenvalue weighted by molar-refractivity contribution is 0.242. The third-order valence-electron chi connectivity index (χ3n) is 5.37. The molecule has 0 radical (unpaired) electrons. The predicted octanol–water partition coefficient (Wildman–Crippen LogP) is 5.08. The second-order valence-electron chi connectivity index (χ2n) is 7.69. The molecule has 1 heterocycles. The molecular weight excluding hydrogens is 364 g/mol. The number of aryl methyl sites for hydroxylation is 1. The van der Waals surface area contributed by atoms with Crippen molar-refractivity contribution in [2.45, 2.75) is 32.9 Å². The lowest BCUT2D eigenvalue weighted by Gasteiger charge is -2.21. The molecule has 1 fully saturated rings. The van der Waals surface area contributed by atoms with Crippen molar-refractivity contribution in [2.75, 3.05) is 20.8 Å². The first-order valence-corrected chi connectivity index (χ1v) is 10.1. The van der Waals surface area contributed by atoms with E-state index in [-0.39, 0.29) is 0 Å². The molecule has 2 aromatic carbocycles. The maximum atomic E-state index is 6.03. The number of hydrogen-bond acceptors (Lipinski definition) is 5. The number of benzene rings is 2. The van der Waals surface area contributed by atoms with E-state index >= 15 is 0 Å². The second kappa shape index (κ2) is 8.70. The highest BCUT2D eigenvalue weighted by atomic mass is 16.5. The lowest BCUT2D eigenvalue weighted by Crippen LogP contribution is -2.25.